The summed E-state index contributed by atoms with van der Waals surface area (Å²) in [5, 5.41) is 0.596. The number of rotatable bonds is 1. The number of hydrogen-bond donors (Lipinski definition) is 0. The van der Waals surface area contributed by atoms with Crippen LogP contribution < -0.4 is 4.90 Å². The molecule has 0 bridgehead atoms. The minimum Gasteiger partial charge on any atom is -0.298 e. The summed E-state index contributed by atoms with van der Waals surface area (Å²) in [6.07, 6.45) is 2.06. The van der Waals surface area contributed by atoms with Gasteiger partial charge >= 0.3 is 0 Å². The molecule has 0 unspecified atom stereocenters. The Labute approximate surface area is 138 Å². The number of aromatic nitrogens is 2. The van der Waals surface area contributed by atoms with E-state index < -0.39 is 0 Å². The number of nitrogens with zero attached hydrogens (tertiary/aromatic N) is 3. The van der Waals surface area contributed by atoms with Gasteiger partial charge in [-0.3, -0.25) is 14.3 Å². The predicted molar refractivity (Wildman–Crippen MR) is 90.6 cm³/mol. The zero-order valence-electron chi connectivity index (χ0n) is 12.5. The Morgan fingerprint density at radius 2 is 1.87 bits per heavy atom. The van der Waals surface area contributed by atoms with E-state index in [0.29, 0.717) is 11.4 Å². The summed E-state index contributed by atoms with van der Waals surface area (Å²) in [5.41, 5.74) is 3.40. The van der Waals surface area contributed by atoms with Crippen LogP contribution in [0.3, 0.4) is 0 Å². The third-order valence-electron chi connectivity index (χ3n) is 4.03. The van der Waals surface area contributed by atoms with Crippen molar-refractivity contribution in [2.45, 2.75) is 13.3 Å². The van der Waals surface area contributed by atoms with Crippen LogP contribution in [0.25, 0.3) is 5.69 Å². The van der Waals surface area contributed by atoms with Crippen LogP contribution in [0.15, 0.2) is 54.7 Å². The van der Waals surface area contributed by atoms with Gasteiger partial charge in [-0.1, -0.05) is 29.8 Å². The number of carbonyl (C=O) groups is 1. The molecular formula is C18H14ClN3O. The Kier molecular flexibility index (Phi) is 3.20. The lowest BCUT2D eigenvalue weighted by Gasteiger charge is -2.23. The van der Waals surface area contributed by atoms with Gasteiger partial charge in [0.25, 0.3) is 0 Å². The summed E-state index contributed by atoms with van der Waals surface area (Å²) in [5.74, 6) is 0.852. The number of benzene rings is 2. The van der Waals surface area contributed by atoms with Crippen molar-refractivity contribution in [2.75, 3.05) is 4.90 Å². The van der Waals surface area contributed by atoms with Crippen molar-refractivity contribution in [3.63, 3.8) is 0 Å². The monoisotopic (exact) mass is 323 g/mol. The average molecular weight is 324 g/mol. The average Bonchev–Trinajstić information content (AvgIpc) is 2.84. The summed E-state index contributed by atoms with van der Waals surface area (Å²) in [6.45, 7) is 1.94. The molecule has 5 heteroatoms. The molecule has 1 aromatic heterocycles. The largest absolute Gasteiger partial charge is 0.298 e. The lowest BCUT2D eigenvalue weighted by atomic mass is 10.2. The van der Waals surface area contributed by atoms with Crippen molar-refractivity contribution in [2.24, 2.45) is 0 Å². The van der Waals surface area contributed by atoms with Crippen LogP contribution in [0.5, 0.6) is 0 Å². The second-order valence-corrected chi connectivity index (χ2v) is 5.94. The minimum atomic E-state index is -0.00151. The van der Waals surface area contributed by atoms with Gasteiger partial charge < -0.3 is 0 Å². The van der Waals surface area contributed by atoms with Crippen molar-refractivity contribution in [1.29, 1.82) is 0 Å². The maximum absolute atomic E-state index is 12.9. The Hall–Kier alpha value is -2.59. The highest BCUT2D eigenvalue weighted by molar-refractivity contribution is 6.31. The van der Waals surface area contributed by atoms with Crippen molar-refractivity contribution in [3.05, 3.63) is 71.3 Å². The number of carbonyl (C=O) groups excluding carboxylic acids is 1. The quantitative estimate of drug-likeness (QED) is 0.677. The van der Waals surface area contributed by atoms with Crippen LogP contribution >= 0.6 is 11.6 Å². The summed E-state index contributed by atoms with van der Waals surface area (Å²) >= 11 is 6.21. The van der Waals surface area contributed by atoms with Crippen molar-refractivity contribution < 1.29 is 4.79 Å². The van der Waals surface area contributed by atoms with Crippen LogP contribution in [0.2, 0.25) is 5.02 Å². The number of para-hydroxylation sites is 1. The van der Waals surface area contributed by atoms with E-state index in [-0.39, 0.29) is 5.91 Å². The van der Waals surface area contributed by atoms with E-state index >= 15 is 0 Å². The van der Waals surface area contributed by atoms with E-state index in [1.54, 1.807) is 11.1 Å². The zero-order valence-corrected chi connectivity index (χ0v) is 13.3. The molecule has 2 aromatic carbocycles. The highest BCUT2D eigenvalue weighted by atomic mass is 35.5. The standard InChI is InChI=1S/C18H14ClN3O/c1-12-20-11-15-10-18(23)22(14-5-3-2-4-6-14)17-9-13(19)7-8-16(17)21(12)15/h2-9,11H,10H2,1H3. The van der Waals surface area contributed by atoms with Gasteiger partial charge in [-0.15, -0.1) is 0 Å². The Morgan fingerprint density at radius 1 is 1.09 bits per heavy atom. The SMILES string of the molecule is Cc1ncc2n1-c1ccc(Cl)cc1N(c1ccccc1)C(=O)C2. The molecular weight excluding hydrogens is 310 g/mol. The maximum atomic E-state index is 12.9. The highest BCUT2D eigenvalue weighted by Gasteiger charge is 2.28. The molecule has 0 aliphatic carbocycles. The molecule has 114 valence electrons. The van der Waals surface area contributed by atoms with E-state index in [0.717, 1.165) is 28.6 Å². The molecule has 0 fully saturated rings. The van der Waals surface area contributed by atoms with Gasteiger partial charge in [0.2, 0.25) is 5.91 Å². The molecule has 2 heterocycles. The zero-order chi connectivity index (χ0) is 16.0. The van der Waals surface area contributed by atoms with E-state index in [9.17, 15) is 4.79 Å². The minimum absolute atomic E-state index is 0.00151. The van der Waals surface area contributed by atoms with E-state index in [1.807, 2.05) is 60.0 Å². The number of imidazole rings is 1. The van der Waals surface area contributed by atoms with Crippen LogP contribution in [0, 0.1) is 6.92 Å². The number of anilines is 2. The first-order valence-corrected chi connectivity index (χ1v) is 7.74. The van der Waals surface area contributed by atoms with Gasteiger partial charge in [0.1, 0.15) is 5.82 Å². The van der Waals surface area contributed by atoms with Gasteiger partial charge in [0.05, 0.1) is 23.5 Å². The summed E-state index contributed by atoms with van der Waals surface area (Å²) in [7, 11) is 0. The van der Waals surface area contributed by atoms with Crippen LogP contribution in [0.4, 0.5) is 11.4 Å². The van der Waals surface area contributed by atoms with Gasteiger partial charge in [-0.25, -0.2) is 4.98 Å². The molecule has 3 aromatic rings. The topological polar surface area (TPSA) is 38.1 Å². The molecule has 4 nitrogen and oxygen atoms in total. The predicted octanol–water partition coefficient (Wildman–Crippen LogP) is 4.05. The summed E-state index contributed by atoms with van der Waals surface area (Å²) in [6, 6.07) is 15.2. The van der Waals surface area contributed by atoms with Crippen LogP contribution in [0.1, 0.15) is 11.5 Å². The lowest BCUT2D eigenvalue weighted by molar-refractivity contribution is -0.117. The molecule has 0 saturated carbocycles. The van der Waals surface area contributed by atoms with Gasteiger partial charge in [0, 0.05) is 16.9 Å². The number of amides is 1. The van der Waals surface area contributed by atoms with Crippen LogP contribution in [-0.4, -0.2) is 15.5 Å². The highest BCUT2D eigenvalue weighted by Crippen LogP contribution is 2.37. The first-order chi connectivity index (χ1) is 11.1. The Bertz CT molecular complexity index is 902. The fraction of sp³-hybridized carbons (Fsp3) is 0.111. The molecule has 0 N–H and O–H groups in total. The Morgan fingerprint density at radius 3 is 2.65 bits per heavy atom. The van der Waals surface area contributed by atoms with E-state index in [4.69, 9.17) is 11.6 Å². The molecule has 4 rings (SSSR count). The molecule has 1 aliphatic rings. The van der Waals surface area contributed by atoms with Crippen molar-refractivity contribution in [1.82, 2.24) is 9.55 Å². The second kappa shape index (κ2) is 5.25. The number of aryl methyl sites for hydroxylation is 1. The van der Waals surface area contributed by atoms with Gasteiger partial charge in [-0.2, -0.15) is 0 Å². The summed E-state index contributed by atoms with van der Waals surface area (Å²) < 4.78 is 2.02. The fourth-order valence-electron chi connectivity index (χ4n) is 3.04. The second-order valence-electron chi connectivity index (χ2n) is 5.51. The molecule has 1 aliphatic heterocycles. The molecule has 1 amide bonds. The maximum Gasteiger partial charge on any atom is 0.237 e. The third kappa shape index (κ3) is 2.23. The Balaban J connectivity index is 2.02. The first-order valence-electron chi connectivity index (χ1n) is 7.36. The van der Waals surface area contributed by atoms with Crippen LogP contribution in [-0.2, 0) is 11.2 Å². The van der Waals surface area contributed by atoms with Crippen molar-refractivity contribution >= 4 is 28.9 Å². The molecule has 0 radical (unpaired) electrons. The van der Waals surface area contributed by atoms with E-state index in [1.165, 1.54) is 0 Å². The van der Waals surface area contributed by atoms with E-state index in [2.05, 4.69) is 4.98 Å². The summed E-state index contributed by atoms with van der Waals surface area (Å²) in [4.78, 5) is 19.0. The third-order valence-corrected chi connectivity index (χ3v) is 4.26. The fourth-order valence-corrected chi connectivity index (χ4v) is 3.20. The smallest absolute Gasteiger partial charge is 0.237 e. The normalized spacial score (nSPS) is 13.5. The molecule has 0 saturated heterocycles. The number of fused-ring (bicyclic) bond motifs is 3. The van der Waals surface area contributed by atoms with Gasteiger partial charge in [0.15, 0.2) is 0 Å². The molecule has 0 atom stereocenters. The molecule has 23 heavy (non-hydrogen) atoms. The van der Waals surface area contributed by atoms with Crippen molar-refractivity contribution in [3.8, 4) is 5.69 Å². The number of hydrogen-bond acceptors (Lipinski definition) is 2. The molecule has 0 spiro atoms. The lowest BCUT2D eigenvalue weighted by Crippen LogP contribution is -2.26. The first kappa shape index (κ1) is 14.0. The number of halogens is 1. The van der Waals surface area contributed by atoms with Gasteiger partial charge in [-0.05, 0) is 37.3 Å².